The largest absolute Gasteiger partial charge is 0.490 e. The van der Waals surface area contributed by atoms with Gasteiger partial charge in [0.1, 0.15) is 19.0 Å². The summed E-state index contributed by atoms with van der Waals surface area (Å²) >= 11 is 0. The normalized spacial score (nSPS) is 10.3. The molecular weight excluding hydrogens is 284 g/mol. The second-order valence-corrected chi connectivity index (χ2v) is 4.65. The zero-order valence-electron chi connectivity index (χ0n) is 13.0. The molecule has 0 saturated heterocycles. The van der Waals surface area contributed by atoms with Crippen LogP contribution in [0.3, 0.4) is 0 Å². The van der Waals surface area contributed by atoms with Crippen LogP contribution in [-0.2, 0) is 19.1 Å². The number of hydrogen-bond acceptors (Lipinski definition) is 5. The molecule has 0 fully saturated rings. The molecule has 1 aromatic rings. The number of rotatable bonds is 7. The number of methoxy groups -OCH3 is 1. The van der Waals surface area contributed by atoms with Crippen LogP contribution in [-0.4, -0.2) is 32.3 Å². The van der Waals surface area contributed by atoms with Crippen LogP contribution >= 0.6 is 0 Å². The molecule has 0 atom stereocenters. The van der Waals surface area contributed by atoms with E-state index in [2.05, 4.69) is 11.3 Å². The number of esters is 2. The summed E-state index contributed by atoms with van der Waals surface area (Å²) in [6.07, 6.45) is 3.02. The molecule has 0 bridgehead atoms. The van der Waals surface area contributed by atoms with Gasteiger partial charge in [0.15, 0.2) is 0 Å². The molecular formula is C17H20O5. The average Bonchev–Trinajstić information content (AvgIpc) is 2.50. The molecule has 0 unspecified atom stereocenters. The van der Waals surface area contributed by atoms with Crippen molar-refractivity contribution in [3.63, 3.8) is 0 Å². The lowest BCUT2D eigenvalue weighted by Crippen LogP contribution is -2.12. The molecule has 0 aliphatic carbocycles. The van der Waals surface area contributed by atoms with E-state index >= 15 is 0 Å². The second-order valence-electron chi connectivity index (χ2n) is 4.65. The smallest absolute Gasteiger partial charge is 0.333 e. The van der Waals surface area contributed by atoms with Gasteiger partial charge in [-0.25, -0.2) is 9.59 Å². The summed E-state index contributed by atoms with van der Waals surface area (Å²) in [6, 6.07) is 5.50. The standard InChI is InChI=1S/C17H20O5/c1-12(2)17(19)22-10-9-21-15-7-5-14(11-13(15)3)6-8-16(18)20-4/h5-8,11H,1,9-10H2,2-4H3. The first-order valence-electron chi connectivity index (χ1n) is 6.76. The van der Waals surface area contributed by atoms with Crippen molar-refractivity contribution < 1.29 is 23.8 Å². The maximum atomic E-state index is 11.2. The highest BCUT2D eigenvalue weighted by molar-refractivity contribution is 5.87. The fraction of sp³-hybridized carbons (Fsp3) is 0.294. The maximum Gasteiger partial charge on any atom is 0.333 e. The van der Waals surface area contributed by atoms with E-state index in [0.717, 1.165) is 11.1 Å². The minimum Gasteiger partial charge on any atom is -0.490 e. The lowest BCUT2D eigenvalue weighted by Gasteiger charge is -2.10. The summed E-state index contributed by atoms with van der Waals surface area (Å²) in [6.45, 7) is 7.40. The molecule has 22 heavy (non-hydrogen) atoms. The van der Waals surface area contributed by atoms with Gasteiger partial charge in [-0.05, 0) is 43.2 Å². The predicted octanol–water partition coefficient (Wildman–Crippen LogP) is 2.68. The molecule has 0 saturated carbocycles. The van der Waals surface area contributed by atoms with Crippen LogP contribution in [0.2, 0.25) is 0 Å². The number of carbonyl (C=O) groups is 2. The van der Waals surface area contributed by atoms with Gasteiger partial charge in [-0.15, -0.1) is 0 Å². The molecule has 1 aromatic carbocycles. The van der Waals surface area contributed by atoms with Crippen molar-refractivity contribution in [2.24, 2.45) is 0 Å². The summed E-state index contributed by atoms with van der Waals surface area (Å²) in [5, 5.41) is 0. The Hall–Kier alpha value is -2.56. The molecule has 0 N–H and O–H groups in total. The Morgan fingerprint density at radius 1 is 1.27 bits per heavy atom. The number of carbonyl (C=O) groups excluding carboxylic acids is 2. The SMILES string of the molecule is C=C(C)C(=O)OCCOc1ccc(C=CC(=O)OC)cc1C. The molecule has 0 heterocycles. The third-order valence-corrected chi connectivity index (χ3v) is 2.73. The monoisotopic (exact) mass is 304 g/mol. The van der Waals surface area contributed by atoms with Gasteiger partial charge in [0.25, 0.3) is 0 Å². The van der Waals surface area contributed by atoms with Crippen LogP contribution in [0.15, 0.2) is 36.4 Å². The Bertz CT molecular complexity index is 587. The van der Waals surface area contributed by atoms with Gasteiger partial charge in [-0.3, -0.25) is 0 Å². The first-order chi connectivity index (χ1) is 10.4. The van der Waals surface area contributed by atoms with Crippen LogP contribution in [0.1, 0.15) is 18.1 Å². The van der Waals surface area contributed by atoms with Gasteiger partial charge in [-0.2, -0.15) is 0 Å². The maximum absolute atomic E-state index is 11.2. The second kappa shape index (κ2) is 8.67. The van der Waals surface area contributed by atoms with Gasteiger partial charge in [0, 0.05) is 11.6 Å². The minimum absolute atomic E-state index is 0.162. The molecule has 0 aliphatic heterocycles. The van der Waals surface area contributed by atoms with E-state index in [1.54, 1.807) is 19.1 Å². The van der Waals surface area contributed by atoms with Crippen molar-refractivity contribution in [3.05, 3.63) is 47.6 Å². The first-order valence-corrected chi connectivity index (χ1v) is 6.76. The van der Waals surface area contributed by atoms with E-state index in [4.69, 9.17) is 9.47 Å². The van der Waals surface area contributed by atoms with Crippen LogP contribution in [0, 0.1) is 6.92 Å². The fourth-order valence-corrected chi connectivity index (χ4v) is 1.58. The average molecular weight is 304 g/mol. The Morgan fingerprint density at radius 3 is 2.59 bits per heavy atom. The summed E-state index contributed by atoms with van der Waals surface area (Å²) in [5.41, 5.74) is 2.14. The molecule has 5 nitrogen and oxygen atoms in total. The number of hydrogen-bond donors (Lipinski definition) is 0. The van der Waals surface area contributed by atoms with Crippen molar-refractivity contribution in [1.82, 2.24) is 0 Å². The number of ether oxygens (including phenoxy) is 3. The lowest BCUT2D eigenvalue weighted by molar-refractivity contribution is -0.139. The van der Waals surface area contributed by atoms with Gasteiger partial charge in [0.05, 0.1) is 7.11 Å². The third kappa shape index (κ3) is 5.83. The van der Waals surface area contributed by atoms with Crippen molar-refractivity contribution in [2.75, 3.05) is 20.3 Å². The van der Waals surface area contributed by atoms with Crippen molar-refractivity contribution in [1.29, 1.82) is 0 Å². The van der Waals surface area contributed by atoms with E-state index in [1.165, 1.54) is 13.2 Å². The Labute approximate surface area is 130 Å². The number of aryl methyl sites for hydroxylation is 1. The Morgan fingerprint density at radius 2 is 2.00 bits per heavy atom. The van der Waals surface area contributed by atoms with Crippen LogP contribution in [0.25, 0.3) is 6.08 Å². The summed E-state index contributed by atoms with van der Waals surface area (Å²) in [5.74, 6) is -0.137. The van der Waals surface area contributed by atoms with E-state index < -0.39 is 11.9 Å². The summed E-state index contributed by atoms with van der Waals surface area (Å²) in [4.78, 5) is 22.2. The highest BCUT2D eigenvalue weighted by atomic mass is 16.6. The van der Waals surface area contributed by atoms with Crippen molar-refractivity contribution in [3.8, 4) is 5.75 Å². The Kier molecular flexibility index (Phi) is 6.89. The Balaban J connectivity index is 2.52. The van der Waals surface area contributed by atoms with Crippen molar-refractivity contribution in [2.45, 2.75) is 13.8 Å². The fourth-order valence-electron chi connectivity index (χ4n) is 1.58. The molecule has 118 valence electrons. The topological polar surface area (TPSA) is 61.8 Å². The molecule has 0 aliphatic rings. The van der Waals surface area contributed by atoms with Gasteiger partial charge in [-0.1, -0.05) is 12.6 Å². The van der Waals surface area contributed by atoms with E-state index in [0.29, 0.717) is 11.3 Å². The summed E-state index contributed by atoms with van der Waals surface area (Å²) < 4.78 is 15.0. The van der Waals surface area contributed by atoms with Gasteiger partial charge >= 0.3 is 11.9 Å². The van der Waals surface area contributed by atoms with Crippen molar-refractivity contribution >= 4 is 18.0 Å². The summed E-state index contributed by atoms with van der Waals surface area (Å²) in [7, 11) is 1.33. The molecule has 0 aromatic heterocycles. The van der Waals surface area contributed by atoms with E-state index in [9.17, 15) is 9.59 Å². The lowest BCUT2D eigenvalue weighted by atomic mass is 10.1. The minimum atomic E-state index is -0.427. The highest BCUT2D eigenvalue weighted by Crippen LogP contribution is 2.19. The number of benzene rings is 1. The zero-order valence-corrected chi connectivity index (χ0v) is 13.0. The van der Waals surface area contributed by atoms with E-state index in [-0.39, 0.29) is 13.2 Å². The molecule has 0 spiro atoms. The first kappa shape index (κ1) is 17.5. The quantitative estimate of drug-likeness (QED) is 0.440. The van der Waals surface area contributed by atoms with Gasteiger partial charge in [0.2, 0.25) is 0 Å². The zero-order chi connectivity index (χ0) is 16.5. The van der Waals surface area contributed by atoms with Crippen LogP contribution < -0.4 is 4.74 Å². The predicted molar refractivity (Wildman–Crippen MR) is 83.5 cm³/mol. The van der Waals surface area contributed by atoms with Gasteiger partial charge < -0.3 is 14.2 Å². The molecule has 0 radical (unpaired) electrons. The van der Waals surface area contributed by atoms with Crippen LogP contribution in [0.5, 0.6) is 5.75 Å². The highest BCUT2D eigenvalue weighted by Gasteiger charge is 2.04. The molecule has 1 rings (SSSR count). The van der Waals surface area contributed by atoms with Crippen LogP contribution in [0.4, 0.5) is 0 Å². The molecule has 0 amide bonds. The third-order valence-electron chi connectivity index (χ3n) is 2.73. The van der Waals surface area contributed by atoms with E-state index in [1.807, 2.05) is 19.1 Å². The molecule has 5 heteroatoms.